The summed E-state index contributed by atoms with van der Waals surface area (Å²) in [6.45, 7) is 6.07. The molecule has 0 unspecified atom stereocenters. The molecule has 7 heteroatoms. The lowest BCUT2D eigenvalue weighted by Crippen LogP contribution is -2.24. The molecule has 1 aliphatic heterocycles. The van der Waals surface area contributed by atoms with E-state index in [4.69, 9.17) is 0 Å². The summed E-state index contributed by atoms with van der Waals surface area (Å²) < 4.78 is 2.02. The molecule has 2 aromatic heterocycles. The molecule has 1 aliphatic carbocycles. The minimum Gasteiger partial charge on any atom is -0.370 e. The molecule has 7 nitrogen and oxygen atoms in total. The van der Waals surface area contributed by atoms with Gasteiger partial charge in [-0.05, 0) is 61.2 Å². The maximum atomic E-state index is 4.50. The Hall–Kier alpha value is -2.02. The Morgan fingerprint density at radius 3 is 3.00 bits per heavy atom. The average Bonchev–Trinajstić information content (AvgIpc) is 3.12. The average molecular weight is 313 g/mol. The second-order valence-corrected chi connectivity index (χ2v) is 6.71. The first-order chi connectivity index (χ1) is 11.3. The fraction of sp³-hybridized carbons (Fsp3) is 0.625. The van der Waals surface area contributed by atoms with Crippen molar-refractivity contribution in [3.05, 3.63) is 29.7 Å². The van der Waals surface area contributed by atoms with Crippen molar-refractivity contribution in [2.75, 3.05) is 25.0 Å². The highest BCUT2D eigenvalue weighted by Crippen LogP contribution is 2.34. The van der Waals surface area contributed by atoms with Gasteiger partial charge >= 0.3 is 0 Å². The number of hydrogen-bond acceptors (Lipinski definition) is 6. The molecule has 0 amide bonds. The Morgan fingerprint density at radius 2 is 2.17 bits per heavy atom. The summed E-state index contributed by atoms with van der Waals surface area (Å²) in [4.78, 5) is 6.96. The molecule has 1 saturated carbocycles. The zero-order valence-electron chi connectivity index (χ0n) is 13.5. The number of nitrogens with one attached hydrogen (secondary N) is 1. The van der Waals surface area contributed by atoms with Gasteiger partial charge in [0.05, 0.1) is 12.6 Å². The van der Waals surface area contributed by atoms with Crippen LogP contribution >= 0.6 is 0 Å². The van der Waals surface area contributed by atoms with Gasteiger partial charge in [0.15, 0.2) is 5.82 Å². The zero-order chi connectivity index (χ0) is 15.6. The van der Waals surface area contributed by atoms with Gasteiger partial charge in [-0.3, -0.25) is 4.90 Å². The van der Waals surface area contributed by atoms with Crippen LogP contribution in [0.15, 0.2) is 18.2 Å². The van der Waals surface area contributed by atoms with Gasteiger partial charge in [-0.25, -0.2) is 9.67 Å². The van der Waals surface area contributed by atoms with Crippen molar-refractivity contribution < 1.29 is 0 Å². The SMILES string of the molecule is Cc1cccc(NC[C@H]2CCN(Cc3nnnn3C3CC3)C2)n1. The lowest BCUT2D eigenvalue weighted by molar-refractivity contribution is 0.302. The van der Waals surface area contributed by atoms with Gasteiger partial charge in [-0.15, -0.1) is 5.10 Å². The Bertz CT molecular complexity index is 664. The number of tetrazole rings is 1. The van der Waals surface area contributed by atoms with Crippen molar-refractivity contribution in [2.24, 2.45) is 5.92 Å². The highest BCUT2D eigenvalue weighted by molar-refractivity contribution is 5.35. The van der Waals surface area contributed by atoms with Gasteiger partial charge in [0.2, 0.25) is 0 Å². The van der Waals surface area contributed by atoms with Gasteiger partial charge in [0.1, 0.15) is 5.82 Å². The van der Waals surface area contributed by atoms with Crippen molar-refractivity contribution in [1.82, 2.24) is 30.1 Å². The lowest BCUT2D eigenvalue weighted by atomic mass is 10.1. The molecule has 0 spiro atoms. The van der Waals surface area contributed by atoms with E-state index >= 15 is 0 Å². The highest BCUT2D eigenvalue weighted by Gasteiger charge is 2.29. The van der Waals surface area contributed by atoms with Crippen LogP contribution in [0.5, 0.6) is 0 Å². The smallest absolute Gasteiger partial charge is 0.165 e. The van der Waals surface area contributed by atoms with Crippen LogP contribution in [0.4, 0.5) is 5.82 Å². The molecule has 2 fully saturated rings. The summed E-state index contributed by atoms with van der Waals surface area (Å²) in [5.74, 6) is 2.64. The quantitative estimate of drug-likeness (QED) is 0.874. The Balaban J connectivity index is 1.28. The molecule has 2 aromatic rings. The molecule has 3 heterocycles. The summed E-state index contributed by atoms with van der Waals surface area (Å²) in [6.07, 6.45) is 3.64. The van der Waals surface area contributed by atoms with Gasteiger partial charge in [0.25, 0.3) is 0 Å². The Labute approximate surface area is 136 Å². The first kappa shape index (κ1) is 14.6. The van der Waals surface area contributed by atoms with Crippen LogP contribution in [0, 0.1) is 12.8 Å². The molecule has 0 aromatic carbocycles. The topological polar surface area (TPSA) is 71.8 Å². The zero-order valence-corrected chi connectivity index (χ0v) is 13.5. The van der Waals surface area contributed by atoms with Crippen molar-refractivity contribution in [1.29, 1.82) is 0 Å². The Morgan fingerprint density at radius 1 is 1.26 bits per heavy atom. The number of rotatable bonds is 6. The van der Waals surface area contributed by atoms with E-state index in [0.29, 0.717) is 12.0 Å². The van der Waals surface area contributed by atoms with Gasteiger partial charge in [-0.1, -0.05) is 6.07 Å². The molecule has 0 radical (unpaired) electrons. The van der Waals surface area contributed by atoms with Crippen LogP contribution in [0.2, 0.25) is 0 Å². The molecule has 1 atom stereocenters. The largest absolute Gasteiger partial charge is 0.370 e. The van der Waals surface area contributed by atoms with E-state index in [-0.39, 0.29) is 0 Å². The summed E-state index contributed by atoms with van der Waals surface area (Å²) in [5, 5.41) is 15.6. The van der Waals surface area contributed by atoms with E-state index < -0.39 is 0 Å². The molecule has 122 valence electrons. The lowest BCUT2D eigenvalue weighted by Gasteiger charge is -2.16. The number of aryl methyl sites for hydroxylation is 1. The summed E-state index contributed by atoms with van der Waals surface area (Å²) >= 11 is 0. The van der Waals surface area contributed by atoms with E-state index in [1.165, 1.54) is 19.3 Å². The number of aromatic nitrogens is 5. The van der Waals surface area contributed by atoms with Gasteiger partial charge < -0.3 is 5.32 Å². The highest BCUT2D eigenvalue weighted by atomic mass is 15.6. The molecule has 4 rings (SSSR count). The number of anilines is 1. The van der Waals surface area contributed by atoms with Crippen molar-refractivity contribution in [3.8, 4) is 0 Å². The summed E-state index contributed by atoms with van der Waals surface area (Å²) in [5.41, 5.74) is 1.05. The molecular weight excluding hydrogens is 290 g/mol. The van der Waals surface area contributed by atoms with Crippen molar-refractivity contribution in [3.63, 3.8) is 0 Å². The molecule has 2 aliphatic rings. The van der Waals surface area contributed by atoms with E-state index in [9.17, 15) is 0 Å². The van der Waals surface area contributed by atoms with Crippen LogP contribution in [0.3, 0.4) is 0 Å². The Kier molecular flexibility index (Phi) is 3.95. The maximum absolute atomic E-state index is 4.50. The second-order valence-electron chi connectivity index (χ2n) is 6.71. The van der Waals surface area contributed by atoms with Crippen LogP contribution in [0.25, 0.3) is 0 Å². The minimum atomic E-state index is 0.549. The molecular formula is C16H23N7. The molecule has 0 bridgehead atoms. The molecule has 23 heavy (non-hydrogen) atoms. The van der Waals surface area contributed by atoms with E-state index in [1.807, 2.05) is 29.8 Å². The number of nitrogens with zero attached hydrogens (tertiary/aromatic N) is 6. The minimum absolute atomic E-state index is 0.549. The van der Waals surface area contributed by atoms with Gasteiger partial charge in [-0.2, -0.15) is 0 Å². The third kappa shape index (κ3) is 3.50. The van der Waals surface area contributed by atoms with Crippen LogP contribution in [-0.4, -0.2) is 49.7 Å². The fourth-order valence-electron chi connectivity index (χ4n) is 3.23. The first-order valence-corrected chi connectivity index (χ1v) is 8.44. The summed E-state index contributed by atoms with van der Waals surface area (Å²) in [7, 11) is 0. The third-order valence-electron chi connectivity index (χ3n) is 4.65. The normalized spacial score (nSPS) is 21.7. The van der Waals surface area contributed by atoms with Crippen molar-refractivity contribution in [2.45, 2.75) is 38.8 Å². The van der Waals surface area contributed by atoms with Crippen LogP contribution in [-0.2, 0) is 6.54 Å². The van der Waals surface area contributed by atoms with Crippen LogP contribution in [0.1, 0.15) is 36.8 Å². The number of likely N-dealkylation sites (tertiary alicyclic amines) is 1. The van der Waals surface area contributed by atoms with Gasteiger partial charge in [0, 0.05) is 18.8 Å². The van der Waals surface area contributed by atoms with E-state index in [1.54, 1.807) is 0 Å². The third-order valence-corrected chi connectivity index (χ3v) is 4.65. The predicted octanol–water partition coefficient (Wildman–Crippen LogP) is 1.65. The number of hydrogen-bond donors (Lipinski definition) is 1. The standard InChI is InChI=1S/C16H23N7/c1-12-3-2-4-15(18-12)17-9-13-7-8-22(10-13)11-16-19-20-21-23(16)14-5-6-14/h2-4,13-14H,5-11H2,1H3,(H,17,18)/t13-/m1/s1. The van der Waals surface area contributed by atoms with Crippen LogP contribution < -0.4 is 5.32 Å². The fourth-order valence-corrected chi connectivity index (χ4v) is 3.23. The molecule has 1 saturated heterocycles. The van der Waals surface area contributed by atoms with Crippen molar-refractivity contribution >= 4 is 5.82 Å². The van der Waals surface area contributed by atoms with E-state index in [0.717, 1.165) is 43.5 Å². The summed E-state index contributed by atoms with van der Waals surface area (Å²) in [6, 6.07) is 6.65. The van der Waals surface area contributed by atoms with E-state index in [2.05, 4.69) is 30.7 Å². The maximum Gasteiger partial charge on any atom is 0.165 e. The first-order valence-electron chi connectivity index (χ1n) is 8.44. The second kappa shape index (κ2) is 6.23. The molecule has 1 N–H and O–H groups in total. The number of pyridine rings is 1. The predicted molar refractivity (Wildman–Crippen MR) is 86.9 cm³/mol. The monoisotopic (exact) mass is 313 g/mol.